The van der Waals surface area contributed by atoms with Crippen molar-refractivity contribution in [2.24, 2.45) is 5.84 Å². The van der Waals surface area contributed by atoms with E-state index in [1.54, 1.807) is 18.2 Å². The van der Waals surface area contributed by atoms with E-state index in [9.17, 15) is 4.39 Å². The third-order valence-corrected chi connectivity index (χ3v) is 2.24. The zero-order valence-electron chi connectivity index (χ0n) is 8.74. The minimum atomic E-state index is -0.294. The highest BCUT2D eigenvalue weighted by Crippen LogP contribution is 2.20. The first-order chi connectivity index (χ1) is 7.70. The van der Waals surface area contributed by atoms with Crippen LogP contribution in [0, 0.1) is 12.7 Å². The predicted molar refractivity (Wildman–Crippen MR) is 60.0 cm³/mol. The van der Waals surface area contributed by atoms with Crippen molar-refractivity contribution >= 4 is 5.82 Å². The summed E-state index contributed by atoms with van der Waals surface area (Å²) in [6, 6.07) is 8.02. The number of rotatable bonds is 2. The number of hydrazine groups is 1. The van der Waals surface area contributed by atoms with E-state index >= 15 is 0 Å². The Morgan fingerprint density at radius 2 is 2.06 bits per heavy atom. The molecule has 0 fully saturated rings. The fourth-order valence-electron chi connectivity index (χ4n) is 1.42. The van der Waals surface area contributed by atoms with Gasteiger partial charge in [0.15, 0.2) is 5.82 Å². The molecule has 4 nitrogen and oxygen atoms in total. The molecular formula is C11H11FN4. The van der Waals surface area contributed by atoms with Crippen molar-refractivity contribution in [2.75, 3.05) is 5.43 Å². The van der Waals surface area contributed by atoms with Crippen LogP contribution in [0.15, 0.2) is 30.3 Å². The third-order valence-electron chi connectivity index (χ3n) is 2.24. The van der Waals surface area contributed by atoms with Crippen LogP contribution in [0.5, 0.6) is 0 Å². The van der Waals surface area contributed by atoms with Gasteiger partial charge in [0.25, 0.3) is 0 Å². The van der Waals surface area contributed by atoms with Gasteiger partial charge in [0, 0.05) is 5.56 Å². The molecule has 0 radical (unpaired) electrons. The van der Waals surface area contributed by atoms with E-state index in [0.29, 0.717) is 17.1 Å². The highest BCUT2D eigenvalue weighted by atomic mass is 19.1. The highest BCUT2D eigenvalue weighted by molar-refractivity contribution is 5.61. The largest absolute Gasteiger partial charge is 0.307 e. The lowest BCUT2D eigenvalue weighted by Gasteiger charge is -2.05. The van der Waals surface area contributed by atoms with E-state index in [0.717, 1.165) is 5.56 Å². The summed E-state index contributed by atoms with van der Waals surface area (Å²) < 4.78 is 13.0. The van der Waals surface area contributed by atoms with Crippen molar-refractivity contribution in [1.29, 1.82) is 0 Å². The van der Waals surface area contributed by atoms with E-state index in [4.69, 9.17) is 5.84 Å². The number of nitrogens with two attached hydrogens (primary N) is 1. The van der Waals surface area contributed by atoms with Crippen LogP contribution < -0.4 is 11.3 Å². The Bertz CT molecular complexity index is 513. The standard InChI is InChI=1S/C11H11FN4/c1-7-5-10(15-16-11(7)14-13)8-3-2-4-9(12)6-8/h2-6H,13H2,1H3,(H,14,16). The zero-order chi connectivity index (χ0) is 11.5. The number of aryl methyl sites for hydroxylation is 1. The van der Waals surface area contributed by atoms with Gasteiger partial charge in [-0.15, -0.1) is 10.2 Å². The number of nitrogens with one attached hydrogen (secondary N) is 1. The topological polar surface area (TPSA) is 63.8 Å². The van der Waals surface area contributed by atoms with Crippen molar-refractivity contribution in [3.05, 3.63) is 41.7 Å². The average Bonchev–Trinajstić information content (AvgIpc) is 2.29. The van der Waals surface area contributed by atoms with Gasteiger partial charge in [0.1, 0.15) is 5.82 Å². The van der Waals surface area contributed by atoms with Gasteiger partial charge in [0.05, 0.1) is 5.69 Å². The van der Waals surface area contributed by atoms with Crippen LogP contribution in [0.4, 0.5) is 10.2 Å². The molecule has 2 aromatic rings. The lowest BCUT2D eigenvalue weighted by Crippen LogP contribution is -2.11. The molecule has 0 atom stereocenters. The molecule has 0 bridgehead atoms. The quantitative estimate of drug-likeness (QED) is 0.596. The number of anilines is 1. The average molecular weight is 218 g/mol. The Kier molecular flexibility index (Phi) is 2.78. The molecule has 0 unspecified atom stereocenters. The van der Waals surface area contributed by atoms with E-state index in [1.165, 1.54) is 12.1 Å². The molecule has 1 aromatic heterocycles. The van der Waals surface area contributed by atoms with E-state index < -0.39 is 0 Å². The van der Waals surface area contributed by atoms with Crippen molar-refractivity contribution in [1.82, 2.24) is 10.2 Å². The van der Waals surface area contributed by atoms with Gasteiger partial charge in [0.2, 0.25) is 0 Å². The first kappa shape index (κ1) is 10.5. The molecule has 1 heterocycles. The summed E-state index contributed by atoms with van der Waals surface area (Å²) in [4.78, 5) is 0. The first-order valence-corrected chi connectivity index (χ1v) is 4.77. The number of hydrogen-bond donors (Lipinski definition) is 2. The lowest BCUT2D eigenvalue weighted by atomic mass is 10.1. The van der Waals surface area contributed by atoms with Gasteiger partial charge in [-0.05, 0) is 30.7 Å². The molecule has 0 aliphatic heterocycles. The Labute approximate surface area is 92.3 Å². The molecule has 0 saturated heterocycles. The molecule has 2 rings (SSSR count). The number of aromatic nitrogens is 2. The van der Waals surface area contributed by atoms with E-state index in [1.807, 2.05) is 6.92 Å². The molecular weight excluding hydrogens is 207 g/mol. The second-order valence-corrected chi connectivity index (χ2v) is 3.42. The highest BCUT2D eigenvalue weighted by Gasteiger charge is 2.04. The van der Waals surface area contributed by atoms with Crippen molar-refractivity contribution in [3.8, 4) is 11.3 Å². The minimum Gasteiger partial charge on any atom is -0.307 e. The van der Waals surface area contributed by atoms with Crippen LogP contribution in [-0.2, 0) is 0 Å². The molecule has 0 saturated carbocycles. The second-order valence-electron chi connectivity index (χ2n) is 3.42. The maximum absolute atomic E-state index is 13.0. The van der Waals surface area contributed by atoms with Crippen molar-refractivity contribution < 1.29 is 4.39 Å². The molecule has 16 heavy (non-hydrogen) atoms. The van der Waals surface area contributed by atoms with Crippen LogP contribution in [0.1, 0.15) is 5.56 Å². The molecule has 0 amide bonds. The zero-order valence-corrected chi connectivity index (χ0v) is 8.74. The van der Waals surface area contributed by atoms with Gasteiger partial charge in [-0.2, -0.15) is 0 Å². The monoisotopic (exact) mass is 218 g/mol. The summed E-state index contributed by atoms with van der Waals surface area (Å²) in [6.07, 6.45) is 0. The Morgan fingerprint density at radius 1 is 1.25 bits per heavy atom. The van der Waals surface area contributed by atoms with Gasteiger partial charge in [-0.3, -0.25) is 0 Å². The second kappa shape index (κ2) is 4.24. The van der Waals surface area contributed by atoms with Crippen molar-refractivity contribution in [2.45, 2.75) is 6.92 Å². The maximum Gasteiger partial charge on any atom is 0.165 e. The number of hydrogen-bond acceptors (Lipinski definition) is 4. The summed E-state index contributed by atoms with van der Waals surface area (Å²) in [5.74, 6) is 5.47. The normalized spacial score (nSPS) is 10.2. The van der Waals surface area contributed by atoms with E-state index in [-0.39, 0.29) is 5.82 Å². The van der Waals surface area contributed by atoms with Crippen molar-refractivity contribution in [3.63, 3.8) is 0 Å². The van der Waals surface area contributed by atoms with Crippen LogP contribution >= 0.6 is 0 Å². The van der Waals surface area contributed by atoms with Gasteiger partial charge < -0.3 is 5.43 Å². The third kappa shape index (κ3) is 1.99. The van der Waals surface area contributed by atoms with E-state index in [2.05, 4.69) is 15.6 Å². The predicted octanol–water partition coefficient (Wildman–Crippen LogP) is 1.88. The van der Waals surface area contributed by atoms with Gasteiger partial charge in [-0.1, -0.05) is 12.1 Å². The maximum atomic E-state index is 13.0. The number of nitrogens with zero attached hydrogens (tertiary/aromatic N) is 2. The molecule has 3 N–H and O–H groups in total. The molecule has 0 spiro atoms. The molecule has 82 valence electrons. The molecule has 1 aromatic carbocycles. The van der Waals surface area contributed by atoms with Crippen LogP contribution in [-0.4, -0.2) is 10.2 Å². The summed E-state index contributed by atoms with van der Waals surface area (Å²) in [5.41, 5.74) is 4.61. The van der Waals surface area contributed by atoms with Gasteiger partial charge in [-0.25, -0.2) is 10.2 Å². The fourth-order valence-corrected chi connectivity index (χ4v) is 1.42. The first-order valence-electron chi connectivity index (χ1n) is 4.77. The minimum absolute atomic E-state index is 0.294. The SMILES string of the molecule is Cc1cc(-c2cccc(F)c2)nnc1NN. The Morgan fingerprint density at radius 3 is 2.69 bits per heavy atom. The number of halogens is 1. The van der Waals surface area contributed by atoms with Gasteiger partial charge >= 0.3 is 0 Å². The summed E-state index contributed by atoms with van der Waals surface area (Å²) >= 11 is 0. The Hall–Kier alpha value is -2.01. The molecule has 0 aliphatic carbocycles. The summed E-state index contributed by atoms with van der Waals surface area (Å²) in [7, 11) is 0. The number of benzene rings is 1. The lowest BCUT2D eigenvalue weighted by molar-refractivity contribution is 0.628. The van der Waals surface area contributed by atoms with Crippen LogP contribution in [0.2, 0.25) is 0 Å². The number of nitrogen functional groups attached to an aromatic ring is 1. The summed E-state index contributed by atoms with van der Waals surface area (Å²) in [5, 5.41) is 7.86. The summed E-state index contributed by atoms with van der Waals surface area (Å²) in [6.45, 7) is 1.85. The van der Waals surface area contributed by atoms with Crippen LogP contribution in [0.3, 0.4) is 0 Å². The molecule has 5 heteroatoms. The Balaban J connectivity index is 2.45. The smallest absolute Gasteiger partial charge is 0.165 e. The fraction of sp³-hybridized carbons (Fsp3) is 0.0909. The molecule has 0 aliphatic rings. The van der Waals surface area contributed by atoms with Crippen LogP contribution in [0.25, 0.3) is 11.3 Å².